The maximum absolute atomic E-state index is 12.0. The Bertz CT molecular complexity index is 1140. The molecule has 0 aliphatic carbocycles. The zero-order valence-corrected chi connectivity index (χ0v) is 11.8. The SMILES string of the molecule is O=c1ccc2ccc(Oc3cc4ccccc4oc3=O)cc2o1. The van der Waals surface area contributed by atoms with Crippen molar-refractivity contribution in [3.8, 4) is 11.5 Å². The van der Waals surface area contributed by atoms with E-state index in [9.17, 15) is 9.59 Å². The molecule has 0 saturated carbocycles. The zero-order chi connectivity index (χ0) is 15.8. The summed E-state index contributed by atoms with van der Waals surface area (Å²) in [6.45, 7) is 0. The first-order chi connectivity index (χ1) is 11.2. The standard InChI is InChI=1S/C18H10O5/c19-17-8-6-11-5-7-13(10-15(11)22-17)21-16-9-12-3-1-2-4-14(12)23-18(16)20/h1-10H. The summed E-state index contributed by atoms with van der Waals surface area (Å²) in [4.78, 5) is 23.3. The van der Waals surface area contributed by atoms with E-state index in [4.69, 9.17) is 13.6 Å². The van der Waals surface area contributed by atoms with Crippen LogP contribution in [-0.4, -0.2) is 0 Å². The van der Waals surface area contributed by atoms with E-state index in [1.807, 2.05) is 12.1 Å². The molecule has 0 fully saturated rings. The van der Waals surface area contributed by atoms with Gasteiger partial charge < -0.3 is 13.6 Å². The van der Waals surface area contributed by atoms with Crippen molar-refractivity contribution < 1.29 is 13.6 Å². The molecule has 2 aromatic carbocycles. The van der Waals surface area contributed by atoms with Gasteiger partial charge in [0.2, 0.25) is 5.75 Å². The van der Waals surface area contributed by atoms with Crippen LogP contribution in [0.15, 0.2) is 79.1 Å². The molecule has 2 aromatic heterocycles. The average Bonchev–Trinajstić information content (AvgIpc) is 2.55. The average molecular weight is 306 g/mol. The highest BCUT2D eigenvalue weighted by Gasteiger charge is 2.08. The van der Waals surface area contributed by atoms with Crippen molar-refractivity contribution in [3.05, 3.63) is 81.5 Å². The van der Waals surface area contributed by atoms with Crippen LogP contribution in [0.3, 0.4) is 0 Å². The number of fused-ring (bicyclic) bond motifs is 2. The van der Waals surface area contributed by atoms with Crippen LogP contribution >= 0.6 is 0 Å². The smallest absolute Gasteiger partial charge is 0.379 e. The Hall–Kier alpha value is -3.34. The van der Waals surface area contributed by atoms with Crippen LogP contribution in [-0.2, 0) is 0 Å². The first kappa shape index (κ1) is 13.3. The molecule has 0 aliphatic rings. The quantitative estimate of drug-likeness (QED) is 0.528. The molecule has 0 saturated heterocycles. The molecule has 0 radical (unpaired) electrons. The molecule has 4 rings (SSSR count). The number of rotatable bonds is 2. The highest BCUT2D eigenvalue weighted by Crippen LogP contribution is 2.25. The van der Waals surface area contributed by atoms with Crippen LogP contribution in [0.2, 0.25) is 0 Å². The fourth-order valence-electron chi connectivity index (χ4n) is 2.35. The van der Waals surface area contributed by atoms with E-state index < -0.39 is 11.3 Å². The van der Waals surface area contributed by atoms with E-state index in [1.165, 1.54) is 6.07 Å². The van der Waals surface area contributed by atoms with Crippen molar-refractivity contribution in [2.45, 2.75) is 0 Å². The van der Waals surface area contributed by atoms with Crippen LogP contribution in [0.25, 0.3) is 21.9 Å². The fraction of sp³-hybridized carbons (Fsp3) is 0. The fourth-order valence-corrected chi connectivity index (χ4v) is 2.35. The molecule has 112 valence electrons. The molecule has 0 bridgehead atoms. The molecule has 0 amide bonds. The van der Waals surface area contributed by atoms with Crippen molar-refractivity contribution in [3.63, 3.8) is 0 Å². The largest absolute Gasteiger partial charge is 0.450 e. The lowest BCUT2D eigenvalue weighted by atomic mass is 10.2. The van der Waals surface area contributed by atoms with Gasteiger partial charge in [0.15, 0.2) is 0 Å². The number of para-hydroxylation sites is 1. The second kappa shape index (κ2) is 5.14. The van der Waals surface area contributed by atoms with Crippen molar-refractivity contribution in [1.29, 1.82) is 0 Å². The minimum absolute atomic E-state index is 0.0707. The van der Waals surface area contributed by atoms with E-state index in [0.717, 1.165) is 10.8 Å². The van der Waals surface area contributed by atoms with Gasteiger partial charge in [0, 0.05) is 22.9 Å². The summed E-state index contributed by atoms with van der Waals surface area (Å²) in [5.41, 5.74) is -0.132. The molecule has 2 heterocycles. The molecule has 0 N–H and O–H groups in total. The van der Waals surface area contributed by atoms with E-state index in [2.05, 4.69) is 0 Å². The second-order valence-electron chi connectivity index (χ2n) is 4.99. The Labute approximate surface area is 129 Å². The number of benzene rings is 2. The molecule has 4 aromatic rings. The van der Waals surface area contributed by atoms with E-state index in [-0.39, 0.29) is 5.75 Å². The monoisotopic (exact) mass is 306 g/mol. The summed E-state index contributed by atoms with van der Waals surface area (Å²) in [7, 11) is 0. The lowest BCUT2D eigenvalue weighted by Gasteiger charge is -2.06. The van der Waals surface area contributed by atoms with E-state index >= 15 is 0 Å². The summed E-state index contributed by atoms with van der Waals surface area (Å²) in [6, 6.07) is 16.8. The van der Waals surface area contributed by atoms with Gasteiger partial charge in [-0.25, -0.2) is 9.59 Å². The minimum Gasteiger partial charge on any atom is -0.450 e. The van der Waals surface area contributed by atoms with Crippen molar-refractivity contribution in [2.24, 2.45) is 0 Å². The Morgan fingerprint density at radius 2 is 1.57 bits per heavy atom. The van der Waals surface area contributed by atoms with Gasteiger partial charge in [-0.2, -0.15) is 0 Å². The van der Waals surface area contributed by atoms with Crippen LogP contribution in [0, 0.1) is 0 Å². The lowest BCUT2D eigenvalue weighted by molar-refractivity contribution is 0.436. The number of hydrogen-bond donors (Lipinski definition) is 0. The summed E-state index contributed by atoms with van der Waals surface area (Å²) in [6.07, 6.45) is 0. The lowest BCUT2D eigenvalue weighted by Crippen LogP contribution is -2.03. The van der Waals surface area contributed by atoms with Gasteiger partial charge in [0.05, 0.1) is 0 Å². The summed E-state index contributed by atoms with van der Waals surface area (Å²) < 4.78 is 15.9. The van der Waals surface area contributed by atoms with Crippen molar-refractivity contribution >= 4 is 21.9 Å². The van der Waals surface area contributed by atoms with Crippen molar-refractivity contribution in [2.75, 3.05) is 0 Å². The van der Waals surface area contributed by atoms with Gasteiger partial charge in [-0.15, -0.1) is 0 Å². The van der Waals surface area contributed by atoms with Crippen LogP contribution < -0.4 is 16.0 Å². The molecular formula is C18H10O5. The second-order valence-corrected chi connectivity index (χ2v) is 4.99. The van der Waals surface area contributed by atoms with Gasteiger partial charge in [-0.05, 0) is 30.3 Å². The van der Waals surface area contributed by atoms with Gasteiger partial charge >= 0.3 is 11.3 Å². The van der Waals surface area contributed by atoms with E-state index in [1.54, 1.807) is 42.5 Å². The summed E-state index contributed by atoms with van der Waals surface area (Å²) in [5.74, 6) is 0.454. The Morgan fingerprint density at radius 3 is 2.48 bits per heavy atom. The summed E-state index contributed by atoms with van der Waals surface area (Å²) >= 11 is 0. The Balaban J connectivity index is 1.79. The molecule has 0 spiro atoms. The van der Waals surface area contributed by atoms with Gasteiger partial charge in [0.1, 0.15) is 16.9 Å². The van der Waals surface area contributed by atoms with Gasteiger partial charge in [-0.3, -0.25) is 0 Å². The molecule has 0 atom stereocenters. The van der Waals surface area contributed by atoms with Crippen LogP contribution in [0.4, 0.5) is 0 Å². The van der Waals surface area contributed by atoms with E-state index in [0.29, 0.717) is 16.9 Å². The predicted octanol–water partition coefficient (Wildman–Crippen LogP) is 3.69. The highest BCUT2D eigenvalue weighted by molar-refractivity contribution is 5.79. The zero-order valence-electron chi connectivity index (χ0n) is 11.8. The van der Waals surface area contributed by atoms with Gasteiger partial charge in [0.25, 0.3) is 0 Å². The van der Waals surface area contributed by atoms with Gasteiger partial charge in [-0.1, -0.05) is 18.2 Å². The highest BCUT2D eigenvalue weighted by atomic mass is 16.5. The first-order valence-electron chi connectivity index (χ1n) is 6.94. The maximum atomic E-state index is 12.0. The third kappa shape index (κ3) is 2.48. The number of ether oxygens (including phenoxy) is 1. The third-order valence-corrected chi connectivity index (χ3v) is 3.43. The molecule has 0 unspecified atom stereocenters. The normalized spacial score (nSPS) is 11.0. The molecule has 5 heteroatoms. The Kier molecular flexibility index (Phi) is 2.98. The van der Waals surface area contributed by atoms with Crippen LogP contribution in [0.1, 0.15) is 0 Å². The van der Waals surface area contributed by atoms with Crippen molar-refractivity contribution in [1.82, 2.24) is 0 Å². The molecular weight excluding hydrogens is 296 g/mol. The first-order valence-corrected chi connectivity index (χ1v) is 6.94. The maximum Gasteiger partial charge on any atom is 0.379 e. The minimum atomic E-state index is -0.571. The topological polar surface area (TPSA) is 69.7 Å². The number of hydrogen-bond acceptors (Lipinski definition) is 5. The Morgan fingerprint density at radius 1 is 0.739 bits per heavy atom. The molecule has 5 nitrogen and oxygen atoms in total. The predicted molar refractivity (Wildman–Crippen MR) is 85.0 cm³/mol. The molecule has 0 aliphatic heterocycles. The van der Waals surface area contributed by atoms with Crippen LogP contribution in [0.5, 0.6) is 11.5 Å². The summed E-state index contributed by atoms with van der Waals surface area (Å²) in [5, 5.41) is 1.52. The molecule has 23 heavy (non-hydrogen) atoms. The third-order valence-electron chi connectivity index (χ3n) is 3.43.